The molecule has 0 aliphatic heterocycles. The number of rotatable bonds is 2. The maximum Gasteiger partial charge on any atom is 0.360 e. The second-order valence-electron chi connectivity index (χ2n) is 2.05. The number of nitrogens with zero attached hydrogens (tertiary/aromatic N) is 1. The molecule has 0 radical (unpaired) electrons. The van der Waals surface area contributed by atoms with Crippen LogP contribution in [-0.4, -0.2) is 25.2 Å². The van der Waals surface area contributed by atoms with Crippen LogP contribution in [0.2, 0.25) is 0 Å². The maximum absolute atomic E-state index is 11.0. The van der Waals surface area contributed by atoms with E-state index in [4.69, 9.17) is 4.74 Å². The van der Waals surface area contributed by atoms with E-state index in [1.807, 2.05) is 0 Å². The number of carbonyl (C=O) groups is 1. The number of esters is 1. The molecule has 4 nitrogen and oxygen atoms in total. The Balaban J connectivity index is 0.00000144. The number of carbonyl (C=O) groups excluding carboxylic acids is 1. The van der Waals surface area contributed by atoms with Crippen molar-refractivity contribution >= 4 is 18.4 Å². The molecular formula is C8H10ClNO3. The Morgan fingerprint density at radius 1 is 1.46 bits per heavy atom. The molecule has 1 aromatic rings. The van der Waals surface area contributed by atoms with Gasteiger partial charge >= 0.3 is 5.97 Å². The second kappa shape index (κ2) is 5.37. The first-order chi connectivity index (χ1) is 5.79. The van der Waals surface area contributed by atoms with E-state index in [-0.39, 0.29) is 18.1 Å². The summed E-state index contributed by atoms with van der Waals surface area (Å²) >= 11 is 0. The topological polar surface area (TPSA) is 48.4 Å². The Hall–Kier alpha value is -1.29. The normalized spacial score (nSPS) is 8.46. The van der Waals surface area contributed by atoms with Gasteiger partial charge in [0.15, 0.2) is 11.4 Å². The molecule has 0 aliphatic rings. The summed E-state index contributed by atoms with van der Waals surface area (Å²) in [6.45, 7) is 0. The lowest BCUT2D eigenvalue weighted by molar-refractivity contribution is 0.0590. The molecule has 0 fully saturated rings. The van der Waals surface area contributed by atoms with Crippen LogP contribution >= 0.6 is 12.4 Å². The van der Waals surface area contributed by atoms with Crippen LogP contribution in [0.1, 0.15) is 10.5 Å². The zero-order valence-corrected chi connectivity index (χ0v) is 8.13. The molecule has 0 aromatic carbocycles. The van der Waals surface area contributed by atoms with Crippen LogP contribution in [0.25, 0.3) is 0 Å². The zero-order valence-electron chi connectivity index (χ0n) is 7.31. The lowest BCUT2D eigenvalue weighted by Crippen LogP contribution is -2.06. The van der Waals surface area contributed by atoms with Gasteiger partial charge in [-0.3, -0.25) is 0 Å². The van der Waals surface area contributed by atoms with Crippen LogP contribution in [0, 0.1) is 0 Å². The molecule has 13 heavy (non-hydrogen) atoms. The van der Waals surface area contributed by atoms with Crippen molar-refractivity contribution in [3.05, 3.63) is 24.0 Å². The zero-order chi connectivity index (χ0) is 8.97. The van der Waals surface area contributed by atoms with Crippen LogP contribution in [0.3, 0.4) is 0 Å². The van der Waals surface area contributed by atoms with Crippen LogP contribution in [0.5, 0.6) is 5.75 Å². The van der Waals surface area contributed by atoms with Crippen molar-refractivity contribution in [2.24, 2.45) is 0 Å². The molecule has 0 saturated heterocycles. The quantitative estimate of drug-likeness (QED) is 0.680. The third-order valence-electron chi connectivity index (χ3n) is 1.37. The first-order valence-electron chi connectivity index (χ1n) is 3.37. The van der Waals surface area contributed by atoms with E-state index in [1.165, 1.54) is 20.4 Å². The minimum Gasteiger partial charge on any atom is -0.494 e. The molecular weight excluding hydrogens is 194 g/mol. The fourth-order valence-corrected chi connectivity index (χ4v) is 0.805. The largest absolute Gasteiger partial charge is 0.494 e. The SMILES string of the molecule is COC(=O)c1ncccc1OC.Cl. The standard InChI is InChI=1S/C8H9NO3.ClH/c1-11-6-4-3-5-9-7(6)8(10)12-2;/h3-5H,1-2H3;1H. The van der Waals surface area contributed by atoms with Crippen molar-refractivity contribution in [2.45, 2.75) is 0 Å². The van der Waals surface area contributed by atoms with Crippen molar-refractivity contribution in [1.29, 1.82) is 0 Å². The Bertz CT molecular complexity index is 290. The van der Waals surface area contributed by atoms with E-state index in [9.17, 15) is 4.79 Å². The third kappa shape index (κ3) is 2.59. The van der Waals surface area contributed by atoms with Gasteiger partial charge in [-0.15, -0.1) is 12.4 Å². The Kier molecular flexibility index (Phi) is 4.84. The molecule has 0 atom stereocenters. The fourth-order valence-electron chi connectivity index (χ4n) is 0.805. The number of methoxy groups -OCH3 is 2. The summed E-state index contributed by atoms with van der Waals surface area (Å²) in [5, 5.41) is 0. The number of hydrogen-bond donors (Lipinski definition) is 0. The van der Waals surface area contributed by atoms with Gasteiger partial charge in [-0.25, -0.2) is 9.78 Å². The smallest absolute Gasteiger partial charge is 0.360 e. The van der Waals surface area contributed by atoms with Gasteiger partial charge in [-0.1, -0.05) is 0 Å². The summed E-state index contributed by atoms with van der Waals surface area (Å²) in [5.74, 6) is -0.0724. The monoisotopic (exact) mass is 203 g/mol. The van der Waals surface area contributed by atoms with E-state index in [0.717, 1.165) is 0 Å². The van der Waals surface area contributed by atoms with E-state index in [2.05, 4.69) is 9.72 Å². The first kappa shape index (κ1) is 11.7. The van der Waals surface area contributed by atoms with Gasteiger partial charge in [-0.2, -0.15) is 0 Å². The highest BCUT2D eigenvalue weighted by Crippen LogP contribution is 2.14. The number of hydrogen-bond acceptors (Lipinski definition) is 4. The number of ether oxygens (including phenoxy) is 2. The second-order valence-corrected chi connectivity index (χ2v) is 2.05. The van der Waals surface area contributed by atoms with Gasteiger partial charge < -0.3 is 9.47 Å². The summed E-state index contributed by atoms with van der Waals surface area (Å²) in [6.07, 6.45) is 1.51. The molecule has 0 N–H and O–H groups in total. The predicted molar refractivity (Wildman–Crippen MR) is 49.4 cm³/mol. The van der Waals surface area contributed by atoms with Gasteiger partial charge in [-0.05, 0) is 12.1 Å². The molecule has 72 valence electrons. The van der Waals surface area contributed by atoms with Crippen molar-refractivity contribution in [3.8, 4) is 5.75 Å². The molecule has 5 heteroatoms. The molecule has 0 amide bonds. The van der Waals surface area contributed by atoms with E-state index in [0.29, 0.717) is 5.75 Å². The molecule has 1 rings (SSSR count). The fraction of sp³-hybridized carbons (Fsp3) is 0.250. The Morgan fingerprint density at radius 2 is 2.15 bits per heavy atom. The number of halogens is 1. The highest BCUT2D eigenvalue weighted by molar-refractivity contribution is 5.90. The van der Waals surface area contributed by atoms with Crippen molar-refractivity contribution in [1.82, 2.24) is 4.98 Å². The highest BCUT2D eigenvalue weighted by Gasteiger charge is 2.12. The van der Waals surface area contributed by atoms with Crippen LogP contribution in [-0.2, 0) is 4.74 Å². The average Bonchev–Trinajstić information content (AvgIpc) is 2.16. The van der Waals surface area contributed by atoms with Gasteiger partial charge in [0.25, 0.3) is 0 Å². The van der Waals surface area contributed by atoms with Crippen LogP contribution in [0.15, 0.2) is 18.3 Å². The van der Waals surface area contributed by atoms with Crippen LogP contribution < -0.4 is 4.74 Å². The van der Waals surface area contributed by atoms with Gasteiger partial charge in [0.1, 0.15) is 0 Å². The average molecular weight is 204 g/mol. The van der Waals surface area contributed by atoms with Crippen molar-refractivity contribution in [2.75, 3.05) is 14.2 Å². The van der Waals surface area contributed by atoms with Crippen molar-refractivity contribution < 1.29 is 14.3 Å². The Labute approximate surface area is 82.3 Å². The molecule has 0 aliphatic carbocycles. The lowest BCUT2D eigenvalue weighted by atomic mass is 10.3. The van der Waals surface area contributed by atoms with Gasteiger partial charge in [0.05, 0.1) is 14.2 Å². The van der Waals surface area contributed by atoms with Crippen molar-refractivity contribution in [3.63, 3.8) is 0 Å². The summed E-state index contributed by atoms with van der Waals surface area (Å²) in [4.78, 5) is 14.8. The minimum atomic E-state index is -0.493. The predicted octanol–water partition coefficient (Wildman–Crippen LogP) is 1.30. The molecule has 1 aromatic heterocycles. The molecule has 0 saturated carbocycles. The first-order valence-corrected chi connectivity index (χ1v) is 3.37. The van der Waals surface area contributed by atoms with E-state index < -0.39 is 5.97 Å². The summed E-state index contributed by atoms with van der Waals surface area (Å²) < 4.78 is 9.40. The van der Waals surface area contributed by atoms with E-state index >= 15 is 0 Å². The minimum absolute atomic E-state index is 0. The third-order valence-corrected chi connectivity index (χ3v) is 1.37. The Morgan fingerprint density at radius 3 is 2.69 bits per heavy atom. The summed E-state index contributed by atoms with van der Waals surface area (Å²) in [7, 11) is 2.78. The summed E-state index contributed by atoms with van der Waals surface area (Å²) in [5.41, 5.74) is 0.197. The molecule has 0 unspecified atom stereocenters. The highest BCUT2D eigenvalue weighted by atomic mass is 35.5. The van der Waals surface area contributed by atoms with Gasteiger partial charge in [0.2, 0.25) is 0 Å². The molecule has 0 bridgehead atoms. The van der Waals surface area contributed by atoms with Crippen LogP contribution in [0.4, 0.5) is 0 Å². The number of pyridine rings is 1. The molecule has 1 heterocycles. The van der Waals surface area contributed by atoms with Gasteiger partial charge in [0, 0.05) is 6.20 Å². The summed E-state index contributed by atoms with van der Waals surface area (Å²) in [6, 6.07) is 3.34. The maximum atomic E-state index is 11.0. The molecule has 0 spiro atoms. The number of aromatic nitrogens is 1. The lowest BCUT2D eigenvalue weighted by Gasteiger charge is -2.03. The van der Waals surface area contributed by atoms with E-state index in [1.54, 1.807) is 12.1 Å².